The Bertz CT molecular complexity index is 1020. The molecular formula is C24H27N3O3. The van der Waals surface area contributed by atoms with Gasteiger partial charge in [-0.25, -0.2) is 4.79 Å². The van der Waals surface area contributed by atoms with E-state index in [1.54, 1.807) is 0 Å². The van der Waals surface area contributed by atoms with E-state index in [1.807, 2.05) is 56.3 Å². The van der Waals surface area contributed by atoms with Gasteiger partial charge < -0.3 is 10.6 Å². The molecule has 0 bridgehead atoms. The minimum Gasteiger partial charge on any atom is -0.324 e. The molecule has 30 heavy (non-hydrogen) atoms. The van der Waals surface area contributed by atoms with E-state index in [0.29, 0.717) is 6.42 Å². The summed E-state index contributed by atoms with van der Waals surface area (Å²) in [7, 11) is 0. The van der Waals surface area contributed by atoms with Crippen LogP contribution >= 0.6 is 0 Å². The van der Waals surface area contributed by atoms with Crippen LogP contribution in [0.4, 0.5) is 10.5 Å². The lowest BCUT2D eigenvalue weighted by atomic mass is 9.84. The van der Waals surface area contributed by atoms with E-state index in [-0.39, 0.29) is 18.4 Å². The number of benzene rings is 2. The molecule has 2 N–H and O–H groups in total. The lowest BCUT2D eigenvalue weighted by Gasteiger charge is -2.27. The van der Waals surface area contributed by atoms with Crippen LogP contribution in [0.5, 0.6) is 0 Å². The first-order valence-electron chi connectivity index (χ1n) is 10.6. The van der Waals surface area contributed by atoms with Gasteiger partial charge in [0.2, 0.25) is 5.91 Å². The second-order valence-electron chi connectivity index (χ2n) is 8.10. The van der Waals surface area contributed by atoms with Crippen molar-refractivity contribution in [3.05, 3.63) is 64.7 Å². The average Bonchev–Trinajstić information content (AvgIpc) is 2.88. The van der Waals surface area contributed by atoms with E-state index in [2.05, 4.69) is 10.6 Å². The van der Waals surface area contributed by atoms with Crippen LogP contribution in [0.1, 0.15) is 48.4 Å². The number of rotatable bonds is 4. The molecule has 4 rings (SSSR count). The first-order valence-corrected chi connectivity index (χ1v) is 10.6. The Morgan fingerprint density at radius 2 is 1.93 bits per heavy atom. The summed E-state index contributed by atoms with van der Waals surface area (Å²) in [4.78, 5) is 40.1. The Morgan fingerprint density at radius 3 is 2.73 bits per heavy atom. The van der Waals surface area contributed by atoms with Crippen LogP contribution in [0, 0.1) is 6.92 Å². The normalized spacial score (nSPS) is 20.7. The maximum atomic E-state index is 13.4. The number of imide groups is 1. The Labute approximate surface area is 176 Å². The summed E-state index contributed by atoms with van der Waals surface area (Å²) in [6.07, 6.45) is 4.01. The smallest absolute Gasteiger partial charge is 0.324 e. The third-order valence-electron chi connectivity index (χ3n) is 6.21. The van der Waals surface area contributed by atoms with Gasteiger partial charge in [-0.2, -0.15) is 0 Å². The van der Waals surface area contributed by atoms with Crippen molar-refractivity contribution in [2.24, 2.45) is 0 Å². The van der Waals surface area contributed by atoms with Gasteiger partial charge in [0.1, 0.15) is 12.1 Å². The van der Waals surface area contributed by atoms with Gasteiger partial charge in [0.05, 0.1) is 0 Å². The van der Waals surface area contributed by atoms with Crippen LogP contribution in [-0.2, 0) is 28.0 Å². The Morgan fingerprint density at radius 1 is 1.13 bits per heavy atom. The zero-order chi connectivity index (χ0) is 21.3. The molecule has 1 aliphatic carbocycles. The van der Waals surface area contributed by atoms with Crippen molar-refractivity contribution in [1.82, 2.24) is 10.2 Å². The van der Waals surface area contributed by atoms with Crippen molar-refractivity contribution in [2.75, 3.05) is 11.9 Å². The summed E-state index contributed by atoms with van der Waals surface area (Å²) in [6, 6.07) is 13.1. The molecule has 4 amide bonds. The molecule has 1 atom stereocenters. The molecule has 0 radical (unpaired) electrons. The maximum absolute atomic E-state index is 13.4. The summed E-state index contributed by atoms with van der Waals surface area (Å²) in [5, 5.41) is 5.83. The minimum atomic E-state index is -1.07. The van der Waals surface area contributed by atoms with Crippen LogP contribution in [0.2, 0.25) is 0 Å². The molecule has 1 heterocycles. The zero-order valence-corrected chi connectivity index (χ0v) is 17.5. The van der Waals surface area contributed by atoms with Crippen LogP contribution in [-0.4, -0.2) is 29.3 Å². The molecular weight excluding hydrogens is 378 g/mol. The molecule has 1 aliphatic heterocycles. The number of urea groups is 1. The summed E-state index contributed by atoms with van der Waals surface area (Å²) >= 11 is 0. The van der Waals surface area contributed by atoms with E-state index in [9.17, 15) is 14.4 Å². The van der Waals surface area contributed by atoms with Crippen molar-refractivity contribution in [3.63, 3.8) is 0 Å². The summed E-state index contributed by atoms with van der Waals surface area (Å²) in [5.41, 5.74) is 3.61. The standard InChI is InChI=1S/C24H27N3O3/c1-3-17-12-8-9-16(2)21(17)25-20(28)15-27-22(29)24(26-23(27)30)14-7-6-11-18-10-4-5-13-19(18)24/h4-5,8-10,12-13H,3,6-7,11,14-15H2,1-2H3,(H,25,28)(H,26,30). The van der Waals surface area contributed by atoms with Crippen LogP contribution < -0.4 is 10.6 Å². The van der Waals surface area contributed by atoms with Crippen LogP contribution in [0.15, 0.2) is 42.5 Å². The molecule has 0 aromatic heterocycles. The van der Waals surface area contributed by atoms with Crippen molar-refractivity contribution >= 4 is 23.5 Å². The van der Waals surface area contributed by atoms with Gasteiger partial charge in [-0.3, -0.25) is 14.5 Å². The Kier molecular flexibility index (Phi) is 5.33. The van der Waals surface area contributed by atoms with Crippen molar-refractivity contribution in [2.45, 2.75) is 51.5 Å². The fraction of sp³-hybridized carbons (Fsp3) is 0.375. The summed E-state index contributed by atoms with van der Waals surface area (Å²) in [6.45, 7) is 3.65. The third-order valence-corrected chi connectivity index (χ3v) is 6.21. The number of anilines is 1. The van der Waals surface area contributed by atoms with Gasteiger partial charge in [0.25, 0.3) is 5.91 Å². The predicted molar refractivity (Wildman–Crippen MR) is 115 cm³/mol. The molecule has 6 heteroatoms. The lowest BCUT2D eigenvalue weighted by Crippen LogP contribution is -2.44. The highest BCUT2D eigenvalue weighted by Gasteiger charge is 2.53. The first kappa shape index (κ1) is 20.1. The lowest BCUT2D eigenvalue weighted by molar-refractivity contribution is -0.134. The Balaban J connectivity index is 1.58. The number of carbonyl (C=O) groups is 3. The molecule has 1 spiro atoms. The fourth-order valence-corrected chi connectivity index (χ4v) is 4.64. The quantitative estimate of drug-likeness (QED) is 0.762. The molecule has 2 aliphatic rings. The van der Waals surface area contributed by atoms with Crippen molar-refractivity contribution in [3.8, 4) is 0 Å². The van der Waals surface area contributed by atoms with E-state index in [4.69, 9.17) is 0 Å². The SMILES string of the molecule is CCc1cccc(C)c1NC(=O)CN1C(=O)NC2(CCCCc3ccccc32)C1=O. The number of aryl methyl sites for hydroxylation is 3. The van der Waals surface area contributed by atoms with Crippen LogP contribution in [0.25, 0.3) is 0 Å². The second kappa shape index (κ2) is 7.94. The number of carbonyl (C=O) groups excluding carboxylic acids is 3. The molecule has 6 nitrogen and oxygen atoms in total. The number of hydrogen-bond acceptors (Lipinski definition) is 3. The van der Waals surface area contributed by atoms with Gasteiger partial charge in [0, 0.05) is 5.69 Å². The summed E-state index contributed by atoms with van der Waals surface area (Å²) < 4.78 is 0. The molecule has 2 aromatic rings. The molecule has 1 saturated heterocycles. The minimum absolute atomic E-state index is 0.300. The number of fused-ring (bicyclic) bond motifs is 2. The van der Waals surface area contributed by atoms with Gasteiger partial charge in [-0.1, -0.05) is 49.4 Å². The summed E-state index contributed by atoms with van der Waals surface area (Å²) in [5.74, 6) is -0.709. The molecule has 0 saturated carbocycles. The predicted octanol–water partition coefficient (Wildman–Crippen LogP) is 3.67. The molecule has 1 fully saturated rings. The van der Waals surface area contributed by atoms with Gasteiger partial charge in [0.15, 0.2) is 0 Å². The molecule has 2 aromatic carbocycles. The van der Waals surface area contributed by atoms with E-state index in [0.717, 1.165) is 58.5 Å². The number of amides is 4. The van der Waals surface area contributed by atoms with E-state index >= 15 is 0 Å². The van der Waals surface area contributed by atoms with Gasteiger partial charge in [-0.15, -0.1) is 0 Å². The van der Waals surface area contributed by atoms with Crippen LogP contribution in [0.3, 0.4) is 0 Å². The third kappa shape index (κ3) is 3.36. The highest BCUT2D eigenvalue weighted by atomic mass is 16.2. The number of para-hydroxylation sites is 1. The molecule has 1 unspecified atom stereocenters. The largest absolute Gasteiger partial charge is 0.325 e. The Hall–Kier alpha value is -3.15. The van der Waals surface area contributed by atoms with E-state index < -0.39 is 11.6 Å². The average molecular weight is 405 g/mol. The van der Waals surface area contributed by atoms with Crippen molar-refractivity contribution in [1.29, 1.82) is 0 Å². The number of hydrogen-bond donors (Lipinski definition) is 2. The topological polar surface area (TPSA) is 78.5 Å². The first-order chi connectivity index (χ1) is 14.5. The van der Waals surface area contributed by atoms with Crippen molar-refractivity contribution < 1.29 is 14.4 Å². The monoisotopic (exact) mass is 405 g/mol. The molecule has 156 valence electrons. The zero-order valence-electron chi connectivity index (χ0n) is 17.5. The highest BCUT2D eigenvalue weighted by molar-refractivity contribution is 6.10. The van der Waals surface area contributed by atoms with E-state index in [1.165, 1.54) is 0 Å². The van der Waals surface area contributed by atoms with Gasteiger partial charge in [-0.05, 0) is 61.3 Å². The number of nitrogens with one attached hydrogen (secondary N) is 2. The second-order valence-corrected chi connectivity index (χ2v) is 8.10. The maximum Gasteiger partial charge on any atom is 0.325 e. The number of nitrogens with zero attached hydrogens (tertiary/aromatic N) is 1. The van der Waals surface area contributed by atoms with Gasteiger partial charge >= 0.3 is 6.03 Å². The highest BCUT2D eigenvalue weighted by Crippen LogP contribution is 2.39. The fourth-order valence-electron chi connectivity index (χ4n) is 4.64.